The van der Waals surface area contributed by atoms with Crippen molar-refractivity contribution in [1.82, 2.24) is 0 Å². The maximum Gasteiger partial charge on any atom is 0.344 e. The van der Waals surface area contributed by atoms with Gasteiger partial charge in [-0.25, -0.2) is 4.79 Å². The highest BCUT2D eigenvalue weighted by Gasteiger charge is 2.10. The number of rotatable bonds is 9. The molecule has 0 aliphatic carbocycles. The van der Waals surface area contributed by atoms with Gasteiger partial charge in [-0.2, -0.15) is 0 Å². The maximum atomic E-state index is 11.8. The maximum absolute atomic E-state index is 11.8. The van der Waals surface area contributed by atoms with Gasteiger partial charge in [-0.05, 0) is 43.3 Å². The lowest BCUT2D eigenvalue weighted by atomic mass is 10.3. The molecule has 26 heavy (non-hydrogen) atoms. The summed E-state index contributed by atoms with van der Waals surface area (Å²) in [7, 11) is 1.51. The molecule has 7 heteroatoms. The number of anilines is 1. The fourth-order valence-corrected chi connectivity index (χ4v) is 2.06. The number of esters is 1. The highest BCUT2D eigenvalue weighted by atomic mass is 16.6. The molecule has 0 spiro atoms. The largest absolute Gasteiger partial charge is 0.494 e. The summed E-state index contributed by atoms with van der Waals surface area (Å²) in [4.78, 5) is 23.5. The van der Waals surface area contributed by atoms with Gasteiger partial charge in [-0.3, -0.25) is 4.79 Å². The zero-order valence-corrected chi connectivity index (χ0v) is 14.7. The van der Waals surface area contributed by atoms with E-state index in [-0.39, 0.29) is 6.61 Å². The van der Waals surface area contributed by atoms with Crippen LogP contribution in [0.15, 0.2) is 48.5 Å². The zero-order valence-electron chi connectivity index (χ0n) is 14.7. The fraction of sp³-hybridized carbons (Fsp3) is 0.263. The average molecular weight is 359 g/mol. The molecule has 0 unspecified atom stereocenters. The van der Waals surface area contributed by atoms with E-state index in [0.29, 0.717) is 29.5 Å². The Morgan fingerprint density at radius 1 is 0.923 bits per heavy atom. The Bertz CT molecular complexity index is 729. The summed E-state index contributed by atoms with van der Waals surface area (Å²) in [6, 6.07) is 13.8. The van der Waals surface area contributed by atoms with Crippen molar-refractivity contribution in [1.29, 1.82) is 0 Å². The van der Waals surface area contributed by atoms with Crippen LogP contribution in [-0.2, 0) is 14.3 Å². The van der Waals surface area contributed by atoms with Crippen molar-refractivity contribution in [3.05, 3.63) is 48.5 Å². The van der Waals surface area contributed by atoms with Gasteiger partial charge < -0.3 is 24.3 Å². The molecule has 0 aromatic heterocycles. The van der Waals surface area contributed by atoms with Gasteiger partial charge in [0.05, 0.1) is 13.7 Å². The second-order valence-electron chi connectivity index (χ2n) is 5.11. The first kappa shape index (κ1) is 19.1. The molecule has 1 N–H and O–H groups in total. The topological polar surface area (TPSA) is 83.1 Å². The number of hydrogen-bond acceptors (Lipinski definition) is 6. The summed E-state index contributed by atoms with van der Waals surface area (Å²) in [6.07, 6.45) is 0. The molecule has 0 fully saturated rings. The molecule has 0 bridgehead atoms. The Morgan fingerprint density at radius 3 is 2.27 bits per heavy atom. The van der Waals surface area contributed by atoms with E-state index in [2.05, 4.69) is 5.32 Å². The first-order valence-corrected chi connectivity index (χ1v) is 8.06. The summed E-state index contributed by atoms with van der Waals surface area (Å²) in [5.41, 5.74) is 0.583. The number of amides is 1. The smallest absolute Gasteiger partial charge is 0.344 e. The highest BCUT2D eigenvalue weighted by Crippen LogP contribution is 2.25. The van der Waals surface area contributed by atoms with Crippen LogP contribution in [0.25, 0.3) is 0 Å². The summed E-state index contributed by atoms with van der Waals surface area (Å²) in [6.45, 7) is 1.73. The number of carbonyl (C=O) groups is 2. The molecule has 2 rings (SSSR count). The van der Waals surface area contributed by atoms with E-state index in [9.17, 15) is 9.59 Å². The molecule has 1 amide bonds. The Hall–Kier alpha value is -3.22. The predicted molar refractivity (Wildman–Crippen MR) is 95.7 cm³/mol. The molecule has 0 atom stereocenters. The van der Waals surface area contributed by atoms with Crippen LogP contribution < -0.4 is 19.5 Å². The number of carbonyl (C=O) groups excluding carboxylic acids is 2. The zero-order chi connectivity index (χ0) is 18.8. The van der Waals surface area contributed by atoms with E-state index in [1.165, 1.54) is 7.11 Å². The van der Waals surface area contributed by atoms with Crippen LogP contribution in [0.3, 0.4) is 0 Å². The summed E-state index contributed by atoms with van der Waals surface area (Å²) < 4.78 is 20.7. The van der Waals surface area contributed by atoms with Crippen molar-refractivity contribution in [3.63, 3.8) is 0 Å². The molecule has 2 aromatic rings. The van der Waals surface area contributed by atoms with Gasteiger partial charge in [0.1, 0.15) is 5.75 Å². The van der Waals surface area contributed by atoms with Gasteiger partial charge in [0.25, 0.3) is 5.91 Å². The van der Waals surface area contributed by atoms with E-state index in [1.807, 2.05) is 6.92 Å². The number of nitrogens with one attached hydrogen (secondary N) is 1. The van der Waals surface area contributed by atoms with Gasteiger partial charge >= 0.3 is 5.97 Å². The number of ether oxygens (including phenoxy) is 4. The van der Waals surface area contributed by atoms with E-state index < -0.39 is 18.5 Å². The van der Waals surface area contributed by atoms with Crippen molar-refractivity contribution in [2.24, 2.45) is 0 Å². The molecule has 0 heterocycles. The monoisotopic (exact) mass is 359 g/mol. The number of hydrogen-bond donors (Lipinski definition) is 1. The normalized spacial score (nSPS) is 9.92. The number of benzene rings is 2. The van der Waals surface area contributed by atoms with E-state index in [1.54, 1.807) is 48.5 Å². The van der Waals surface area contributed by atoms with Crippen LogP contribution in [-0.4, -0.2) is 38.8 Å². The van der Waals surface area contributed by atoms with Crippen molar-refractivity contribution in [3.8, 4) is 17.2 Å². The van der Waals surface area contributed by atoms with Crippen molar-refractivity contribution >= 4 is 17.6 Å². The Balaban J connectivity index is 1.73. The minimum Gasteiger partial charge on any atom is -0.494 e. The number of para-hydroxylation sites is 2. The van der Waals surface area contributed by atoms with Crippen LogP contribution in [0.4, 0.5) is 5.69 Å². The lowest BCUT2D eigenvalue weighted by Gasteiger charge is -2.10. The molecule has 0 saturated carbocycles. The SMILES string of the molecule is CCOc1ccc(NC(=O)COC(=O)COc2ccccc2OC)cc1. The van der Waals surface area contributed by atoms with Crippen molar-refractivity contribution < 1.29 is 28.5 Å². The first-order chi connectivity index (χ1) is 12.6. The van der Waals surface area contributed by atoms with Crippen LogP contribution in [0.2, 0.25) is 0 Å². The summed E-state index contributed by atoms with van der Waals surface area (Å²) in [5.74, 6) is 0.544. The average Bonchev–Trinajstić information content (AvgIpc) is 2.66. The van der Waals surface area contributed by atoms with Crippen LogP contribution in [0.5, 0.6) is 17.2 Å². The summed E-state index contributed by atoms with van der Waals surface area (Å²) >= 11 is 0. The molecule has 2 aromatic carbocycles. The van der Waals surface area contributed by atoms with E-state index >= 15 is 0 Å². The third-order valence-corrected chi connectivity index (χ3v) is 3.23. The van der Waals surface area contributed by atoms with Gasteiger partial charge in [0.15, 0.2) is 24.7 Å². The van der Waals surface area contributed by atoms with Crippen LogP contribution in [0, 0.1) is 0 Å². The second kappa shape index (κ2) is 9.93. The highest BCUT2D eigenvalue weighted by molar-refractivity contribution is 5.92. The Kier molecular flexibility index (Phi) is 7.30. The van der Waals surface area contributed by atoms with Gasteiger partial charge in [-0.1, -0.05) is 12.1 Å². The summed E-state index contributed by atoms with van der Waals surface area (Å²) in [5, 5.41) is 2.63. The third-order valence-electron chi connectivity index (χ3n) is 3.23. The molecule has 0 aliphatic rings. The second-order valence-corrected chi connectivity index (χ2v) is 5.11. The molecular weight excluding hydrogens is 338 g/mol. The molecular formula is C19H21NO6. The minimum absolute atomic E-state index is 0.323. The molecule has 0 aliphatic heterocycles. The van der Waals surface area contributed by atoms with E-state index in [0.717, 1.165) is 0 Å². The molecule has 138 valence electrons. The van der Waals surface area contributed by atoms with Gasteiger partial charge in [0.2, 0.25) is 0 Å². The molecule has 7 nitrogen and oxygen atoms in total. The lowest BCUT2D eigenvalue weighted by Crippen LogP contribution is -2.23. The number of methoxy groups -OCH3 is 1. The predicted octanol–water partition coefficient (Wildman–Crippen LogP) is 2.65. The third kappa shape index (κ3) is 6.01. The fourth-order valence-electron chi connectivity index (χ4n) is 2.06. The molecule has 0 radical (unpaired) electrons. The van der Waals surface area contributed by atoms with Gasteiger partial charge in [0, 0.05) is 5.69 Å². The minimum atomic E-state index is -0.655. The van der Waals surface area contributed by atoms with Crippen molar-refractivity contribution in [2.45, 2.75) is 6.92 Å². The molecule has 0 saturated heterocycles. The van der Waals surface area contributed by atoms with Crippen molar-refractivity contribution in [2.75, 3.05) is 32.2 Å². The quantitative estimate of drug-likeness (QED) is 0.693. The standard InChI is InChI=1S/C19H21NO6/c1-3-24-15-10-8-14(9-11-15)20-18(21)12-26-19(22)13-25-17-7-5-4-6-16(17)23-2/h4-11H,3,12-13H2,1-2H3,(H,20,21). The first-order valence-electron chi connectivity index (χ1n) is 8.06. The van der Waals surface area contributed by atoms with Gasteiger partial charge in [-0.15, -0.1) is 0 Å². The Morgan fingerprint density at radius 2 is 1.62 bits per heavy atom. The van der Waals surface area contributed by atoms with E-state index in [4.69, 9.17) is 18.9 Å². The van der Waals surface area contributed by atoms with Crippen LogP contribution >= 0.6 is 0 Å². The lowest BCUT2D eigenvalue weighted by molar-refractivity contribution is -0.149. The van der Waals surface area contributed by atoms with Crippen LogP contribution in [0.1, 0.15) is 6.92 Å². The Labute approximate surface area is 151 Å².